The minimum absolute atomic E-state index is 0.0478. The highest BCUT2D eigenvalue weighted by Gasteiger charge is 2.26. The van der Waals surface area contributed by atoms with E-state index in [0.717, 1.165) is 5.56 Å². The van der Waals surface area contributed by atoms with E-state index in [-0.39, 0.29) is 23.6 Å². The molecule has 0 fully saturated rings. The predicted octanol–water partition coefficient (Wildman–Crippen LogP) is 2.28. The Labute approximate surface area is 115 Å². The van der Waals surface area contributed by atoms with Gasteiger partial charge in [-0.25, -0.2) is 0 Å². The Balaban J connectivity index is 2.94. The fraction of sp³-hybridized carbons (Fsp3) is 0.533. The average Bonchev–Trinajstić information content (AvgIpc) is 2.38. The van der Waals surface area contributed by atoms with Crippen LogP contribution in [0.1, 0.15) is 39.3 Å². The van der Waals surface area contributed by atoms with Crippen molar-refractivity contribution in [3.05, 3.63) is 29.8 Å². The zero-order chi connectivity index (χ0) is 14.6. The van der Waals surface area contributed by atoms with Crippen molar-refractivity contribution in [1.82, 2.24) is 4.90 Å². The number of aromatic hydroxyl groups is 1. The van der Waals surface area contributed by atoms with Crippen LogP contribution in [0, 0.1) is 5.92 Å². The van der Waals surface area contributed by atoms with Gasteiger partial charge in [-0.1, -0.05) is 26.0 Å². The third-order valence-corrected chi connectivity index (χ3v) is 3.45. The summed E-state index contributed by atoms with van der Waals surface area (Å²) in [4.78, 5) is 14.1. The molecule has 1 amide bonds. The van der Waals surface area contributed by atoms with Gasteiger partial charge in [0.1, 0.15) is 5.75 Å². The fourth-order valence-electron chi connectivity index (χ4n) is 2.06. The van der Waals surface area contributed by atoms with Crippen molar-refractivity contribution >= 4 is 5.91 Å². The molecule has 19 heavy (non-hydrogen) atoms. The van der Waals surface area contributed by atoms with Gasteiger partial charge in [-0.2, -0.15) is 0 Å². The van der Waals surface area contributed by atoms with Crippen LogP contribution < -0.4 is 5.73 Å². The standard InChI is InChI=1S/C15H24N2O2/c1-5-17(15(19)14(16)10(2)3)11(4)12-7-6-8-13(18)9-12/h6-11,14,18H,5,16H2,1-4H3/t11?,14-/m1/s1. The zero-order valence-electron chi connectivity index (χ0n) is 12.1. The molecule has 3 N–H and O–H groups in total. The number of nitrogens with two attached hydrogens (primary N) is 1. The van der Waals surface area contributed by atoms with E-state index in [0.29, 0.717) is 6.54 Å². The van der Waals surface area contributed by atoms with E-state index in [1.54, 1.807) is 23.1 Å². The van der Waals surface area contributed by atoms with Gasteiger partial charge >= 0.3 is 0 Å². The van der Waals surface area contributed by atoms with Gasteiger partial charge < -0.3 is 15.7 Å². The predicted molar refractivity (Wildman–Crippen MR) is 76.7 cm³/mol. The summed E-state index contributed by atoms with van der Waals surface area (Å²) in [6, 6.07) is 6.40. The molecule has 0 saturated heterocycles. The van der Waals surface area contributed by atoms with Crippen LogP contribution >= 0.6 is 0 Å². The molecule has 1 aromatic rings. The minimum atomic E-state index is -0.486. The second-order valence-electron chi connectivity index (χ2n) is 5.17. The van der Waals surface area contributed by atoms with Crippen LogP contribution in [-0.4, -0.2) is 28.5 Å². The van der Waals surface area contributed by atoms with Crippen LogP contribution in [0.5, 0.6) is 5.75 Å². The number of rotatable bonds is 5. The smallest absolute Gasteiger partial charge is 0.240 e. The Hall–Kier alpha value is -1.55. The monoisotopic (exact) mass is 264 g/mol. The summed E-state index contributed by atoms with van der Waals surface area (Å²) in [5, 5.41) is 9.52. The van der Waals surface area contributed by atoms with Crippen molar-refractivity contribution < 1.29 is 9.90 Å². The molecule has 1 rings (SSSR count). The van der Waals surface area contributed by atoms with Crippen LogP contribution in [0.15, 0.2) is 24.3 Å². The van der Waals surface area contributed by atoms with Crippen LogP contribution in [-0.2, 0) is 4.79 Å². The van der Waals surface area contributed by atoms with Gasteiger partial charge in [0, 0.05) is 6.54 Å². The lowest BCUT2D eigenvalue weighted by Crippen LogP contribution is -2.47. The summed E-state index contributed by atoms with van der Waals surface area (Å²) in [7, 11) is 0. The van der Waals surface area contributed by atoms with Gasteiger partial charge in [-0.3, -0.25) is 4.79 Å². The molecular weight excluding hydrogens is 240 g/mol. The van der Waals surface area contributed by atoms with Crippen LogP contribution in [0.25, 0.3) is 0 Å². The Bertz CT molecular complexity index is 432. The second kappa shape index (κ2) is 6.57. The molecule has 4 heteroatoms. The number of amides is 1. The van der Waals surface area contributed by atoms with Crippen molar-refractivity contribution in [2.24, 2.45) is 11.7 Å². The lowest BCUT2D eigenvalue weighted by atomic mass is 10.0. The fourth-order valence-corrected chi connectivity index (χ4v) is 2.06. The first-order valence-corrected chi connectivity index (χ1v) is 6.73. The third kappa shape index (κ3) is 3.70. The quantitative estimate of drug-likeness (QED) is 0.857. The number of hydrogen-bond acceptors (Lipinski definition) is 3. The Kier molecular flexibility index (Phi) is 5.36. The first kappa shape index (κ1) is 15.5. The number of nitrogens with zero attached hydrogens (tertiary/aromatic N) is 1. The molecule has 0 aliphatic heterocycles. The maximum Gasteiger partial charge on any atom is 0.240 e. The summed E-state index contributed by atoms with van der Waals surface area (Å²) in [6.07, 6.45) is 0. The molecule has 0 spiro atoms. The topological polar surface area (TPSA) is 66.6 Å². The third-order valence-electron chi connectivity index (χ3n) is 3.45. The minimum Gasteiger partial charge on any atom is -0.508 e. The summed E-state index contributed by atoms with van der Waals surface area (Å²) in [5.74, 6) is 0.271. The van der Waals surface area contributed by atoms with Crippen LogP contribution in [0.4, 0.5) is 0 Å². The number of phenolic OH excluding ortho intramolecular Hbond substituents is 1. The van der Waals surface area contributed by atoms with Gasteiger partial charge in [0.2, 0.25) is 5.91 Å². The maximum atomic E-state index is 12.4. The Morgan fingerprint density at radius 3 is 2.47 bits per heavy atom. The van der Waals surface area contributed by atoms with Gasteiger partial charge in [0.25, 0.3) is 0 Å². The molecular formula is C15H24N2O2. The molecule has 106 valence electrons. The largest absolute Gasteiger partial charge is 0.508 e. The molecule has 0 radical (unpaired) electrons. The van der Waals surface area contributed by atoms with Gasteiger partial charge in [0.15, 0.2) is 0 Å². The molecule has 1 aromatic carbocycles. The Morgan fingerprint density at radius 1 is 1.37 bits per heavy atom. The molecule has 0 heterocycles. The molecule has 0 aliphatic carbocycles. The van der Waals surface area contributed by atoms with Crippen LogP contribution in [0.3, 0.4) is 0 Å². The van der Waals surface area contributed by atoms with Crippen molar-refractivity contribution in [1.29, 1.82) is 0 Å². The number of phenols is 1. The van der Waals surface area contributed by atoms with E-state index in [2.05, 4.69) is 0 Å². The second-order valence-corrected chi connectivity index (χ2v) is 5.17. The molecule has 0 bridgehead atoms. The molecule has 2 atom stereocenters. The lowest BCUT2D eigenvalue weighted by molar-refractivity contribution is -0.135. The number of benzene rings is 1. The van der Waals surface area contributed by atoms with E-state index >= 15 is 0 Å². The first-order valence-electron chi connectivity index (χ1n) is 6.73. The zero-order valence-corrected chi connectivity index (χ0v) is 12.1. The highest BCUT2D eigenvalue weighted by molar-refractivity contribution is 5.82. The Morgan fingerprint density at radius 2 is 2.00 bits per heavy atom. The average molecular weight is 264 g/mol. The molecule has 0 saturated carbocycles. The summed E-state index contributed by atoms with van der Waals surface area (Å²) >= 11 is 0. The van der Waals surface area contributed by atoms with E-state index in [1.165, 1.54) is 0 Å². The first-order chi connectivity index (χ1) is 8.88. The summed E-state index contributed by atoms with van der Waals surface area (Å²) in [6.45, 7) is 8.36. The van der Waals surface area contributed by atoms with Crippen molar-refractivity contribution in [3.8, 4) is 5.75 Å². The van der Waals surface area contributed by atoms with Gasteiger partial charge in [-0.15, -0.1) is 0 Å². The van der Waals surface area contributed by atoms with Crippen molar-refractivity contribution in [2.75, 3.05) is 6.54 Å². The number of likely N-dealkylation sites (N-methyl/N-ethyl adjacent to an activating group) is 1. The van der Waals surface area contributed by atoms with Crippen molar-refractivity contribution in [3.63, 3.8) is 0 Å². The number of carbonyl (C=O) groups is 1. The number of hydrogen-bond donors (Lipinski definition) is 2. The molecule has 0 aromatic heterocycles. The van der Waals surface area contributed by atoms with Crippen LogP contribution in [0.2, 0.25) is 0 Å². The highest BCUT2D eigenvalue weighted by Crippen LogP contribution is 2.24. The van der Waals surface area contributed by atoms with E-state index in [9.17, 15) is 9.90 Å². The van der Waals surface area contributed by atoms with E-state index in [1.807, 2.05) is 33.8 Å². The normalized spacial score (nSPS) is 14.2. The summed E-state index contributed by atoms with van der Waals surface area (Å²) in [5.41, 5.74) is 6.85. The van der Waals surface area contributed by atoms with E-state index in [4.69, 9.17) is 5.73 Å². The number of carbonyl (C=O) groups excluding carboxylic acids is 1. The van der Waals surface area contributed by atoms with Crippen molar-refractivity contribution in [2.45, 2.75) is 39.8 Å². The van der Waals surface area contributed by atoms with Gasteiger partial charge in [0.05, 0.1) is 12.1 Å². The molecule has 0 aliphatic rings. The maximum absolute atomic E-state index is 12.4. The molecule has 4 nitrogen and oxygen atoms in total. The van der Waals surface area contributed by atoms with Gasteiger partial charge in [-0.05, 0) is 37.5 Å². The highest BCUT2D eigenvalue weighted by atomic mass is 16.3. The SMILES string of the molecule is CCN(C(=O)[C@H](N)C(C)C)C(C)c1cccc(O)c1. The lowest BCUT2D eigenvalue weighted by Gasteiger charge is -2.31. The summed E-state index contributed by atoms with van der Waals surface area (Å²) < 4.78 is 0. The van der Waals surface area contributed by atoms with E-state index < -0.39 is 6.04 Å². The molecule has 1 unspecified atom stereocenters.